The lowest BCUT2D eigenvalue weighted by molar-refractivity contribution is 1.08. The minimum absolute atomic E-state index is 0.611. The highest BCUT2D eigenvalue weighted by atomic mass is 15.0. The molecule has 0 amide bonds. The molecule has 5 heteroatoms. The Kier molecular flexibility index (Phi) is 7.48. The van der Waals surface area contributed by atoms with Crippen molar-refractivity contribution in [3.63, 3.8) is 0 Å². The highest BCUT2D eigenvalue weighted by Crippen LogP contribution is 2.38. The average Bonchev–Trinajstić information content (AvgIpc) is 3.61. The molecule has 0 radical (unpaired) electrons. The van der Waals surface area contributed by atoms with Crippen molar-refractivity contribution >= 4 is 54.1 Å². The first-order chi connectivity index (χ1) is 28.2. The molecule has 2 heterocycles. The number of rotatable bonds is 5. The number of fused-ring (bicyclic) bond motifs is 6. The Morgan fingerprint density at radius 3 is 1.47 bits per heavy atom. The zero-order valence-electron chi connectivity index (χ0n) is 30.6. The predicted octanol–water partition coefficient (Wildman–Crippen LogP) is 13.0. The summed E-state index contributed by atoms with van der Waals surface area (Å²) in [5.74, 6) is 1.88. The summed E-state index contributed by atoms with van der Waals surface area (Å²) in [6, 6.07) is 67.6. The van der Waals surface area contributed by atoms with E-state index in [-0.39, 0.29) is 0 Å². The van der Waals surface area contributed by atoms with Gasteiger partial charge in [0.2, 0.25) is 0 Å². The molecule has 0 aliphatic carbocycles. The van der Waals surface area contributed by atoms with E-state index < -0.39 is 0 Å². The summed E-state index contributed by atoms with van der Waals surface area (Å²) < 4.78 is 2.32. The van der Waals surface area contributed by atoms with Crippen molar-refractivity contribution in [2.24, 2.45) is 0 Å². The second kappa shape index (κ2) is 13.1. The Balaban J connectivity index is 1.05. The third-order valence-electron chi connectivity index (χ3n) is 11.1. The molecular weight excluding hydrogens is 695 g/mol. The van der Waals surface area contributed by atoms with Crippen LogP contribution in [0.1, 0.15) is 5.56 Å². The summed E-state index contributed by atoms with van der Waals surface area (Å²) in [5, 5.41) is 18.8. The second-order valence-corrected chi connectivity index (χ2v) is 14.3. The summed E-state index contributed by atoms with van der Waals surface area (Å²) in [4.78, 5) is 15.4. The maximum atomic E-state index is 9.87. The van der Waals surface area contributed by atoms with Gasteiger partial charge < -0.3 is 4.57 Å². The summed E-state index contributed by atoms with van der Waals surface area (Å²) in [6.07, 6.45) is 0. The van der Waals surface area contributed by atoms with Crippen molar-refractivity contribution in [2.75, 3.05) is 0 Å². The lowest BCUT2D eigenvalue weighted by atomic mass is 10.0. The fourth-order valence-corrected chi connectivity index (χ4v) is 8.33. The Morgan fingerprint density at radius 1 is 0.368 bits per heavy atom. The van der Waals surface area contributed by atoms with Gasteiger partial charge in [-0.2, -0.15) is 5.26 Å². The minimum Gasteiger partial charge on any atom is -0.309 e. The third-order valence-corrected chi connectivity index (χ3v) is 11.1. The van der Waals surface area contributed by atoms with Gasteiger partial charge in [-0.05, 0) is 74.5 Å². The summed E-state index contributed by atoms with van der Waals surface area (Å²) in [5.41, 5.74) is 8.87. The van der Waals surface area contributed by atoms with E-state index in [1.54, 1.807) is 0 Å². The highest BCUT2D eigenvalue weighted by Gasteiger charge is 2.18. The molecule has 0 saturated carbocycles. The zero-order valence-corrected chi connectivity index (χ0v) is 30.6. The van der Waals surface area contributed by atoms with Gasteiger partial charge in [-0.3, -0.25) is 0 Å². The van der Waals surface area contributed by atoms with E-state index in [9.17, 15) is 5.26 Å². The van der Waals surface area contributed by atoms with Gasteiger partial charge in [-0.15, -0.1) is 0 Å². The van der Waals surface area contributed by atoms with E-state index in [4.69, 9.17) is 15.0 Å². The minimum atomic E-state index is 0.611. The molecular formula is C52H31N5. The van der Waals surface area contributed by atoms with Crippen LogP contribution in [0.2, 0.25) is 0 Å². The SMILES string of the molecule is N#Cc1ccc2c(c1)c1cc(-c3ccc(-c4nc(-c5cccc6ccccc56)nc(-c5cccc6ccccc56)n4)cc3)ccc1n2-c1cccc2ccccc12. The predicted molar refractivity (Wildman–Crippen MR) is 233 cm³/mol. The summed E-state index contributed by atoms with van der Waals surface area (Å²) >= 11 is 0. The fraction of sp³-hybridized carbons (Fsp3) is 0. The number of nitriles is 1. The van der Waals surface area contributed by atoms with Gasteiger partial charge in [-0.1, -0.05) is 152 Å². The first-order valence-corrected chi connectivity index (χ1v) is 19.0. The zero-order chi connectivity index (χ0) is 37.9. The van der Waals surface area contributed by atoms with Crippen molar-refractivity contribution in [1.29, 1.82) is 5.26 Å². The first-order valence-electron chi connectivity index (χ1n) is 19.0. The average molecular weight is 726 g/mol. The maximum Gasteiger partial charge on any atom is 0.164 e. The summed E-state index contributed by atoms with van der Waals surface area (Å²) in [7, 11) is 0. The molecule has 11 rings (SSSR count). The third kappa shape index (κ3) is 5.43. The largest absolute Gasteiger partial charge is 0.309 e. The van der Waals surface area contributed by atoms with Crippen molar-refractivity contribution in [3.05, 3.63) is 194 Å². The lowest BCUT2D eigenvalue weighted by Gasteiger charge is -2.12. The molecule has 5 nitrogen and oxygen atoms in total. The van der Waals surface area contributed by atoms with Gasteiger partial charge in [0.05, 0.1) is 28.4 Å². The molecule has 0 aliphatic rings. The lowest BCUT2D eigenvalue weighted by Crippen LogP contribution is -2.01. The Bertz CT molecular complexity index is 3310. The standard InChI is InChI=1S/C52H31N5/c53-32-33-22-28-48-45(30-33)46-31-39(27-29-49(46)57(48)47-21-9-15-37-12-3-6-18-42(37)47)34-23-25-38(26-24-34)50-54-51(43-19-7-13-35-10-1-4-16-40(35)43)56-52(55-50)44-20-8-14-36-11-2-5-17-41(36)44/h1-31H. The molecule has 0 N–H and O–H groups in total. The van der Waals surface area contributed by atoms with E-state index in [1.807, 2.05) is 12.1 Å². The van der Waals surface area contributed by atoms with Gasteiger partial charge in [0.1, 0.15) is 0 Å². The second-order valence-electron chi connectivity index (χ2n) is 14.3. The van der Waals surface area contributed by atoms with Crippen LogP contribution in [0.25, 0.3) is 105 Å². The molecule has 11 aromatic rings. The Morgan fingerprint density at radius 2 is 0.842 bits per heavy atom. The van der Waals surface area contributed by atoms with Crippen molar-refractivity contribution < 1.29 is 0 Å². The highest BCUT2D eigenvalue weighted by molar-refractivity contribution is 6.12. The van der Waals surface area contributed by atoms with E-state index in [0.717, 1.165) is 76.9 Å². The molecule has 57 heavy (non-hydrogen) atoms. The van der Waals surface area contributed by atoms with Crippen LogP contribution in [0, 0.1) is 11.3 Å². The van der Waals surface area contributed by atoms with E-state index in [1.165, 1.54) is 10.8 Å². The van der Waals surface area contributed by atoms with Gasteiger partial charge >= 0.3 is 0 Å². The molecule has 264 valence electrons. The monoisotopic (exact) mass is 725 g/mol. The number of hydrogen-bond donors (Lipinski definition) is 0. The topological polar surface area (TPSA) is 67.4 Å². The molecule has 0 atom stereocenters. The van der Waals surface area contributed by atoms with Gasteiger partial charge in [-0.25, -0.2) is 15.0 Å². The van der Waals surface area contributed by atoms with Crippen LogP contribution < -0.4 is 0 Å². The number of nitrogens with zero attached hydrogens (tertiary/aromatic N) is 5. The van der Waals surface area contributed by atoms with Crippen LogP contribution in [-0.2, 0) is 0 Å². The Hall–Kier alpha value is -7.94. The van der Waals surface area contributed by atoms with Crippen LogP contribution in [-0.4, -0.2) is 19.5 Å². The number of aromatic nitrogens is 4. The molecule has 0 bridgehead atoms. The van der Waals surface area contributed by atoms with Crippen LogP contribution in [0.4, 0.5) is 0 Å². The molecule has 0 aliphatic heterocycles. The number of benzene rings is 9. The smallest absolute Gasteiger partial charge is 0.164 e. The quantitative estimate of drug-likeness (QED) is 0.177. The van der Waals surface area contributed by atoms with E-state index in [2.05, 4.69) is 187 Å². The van der Waals surface area contributed by atoms with Crippen molar-refractivity contribution in [3.8, 4) is 57.0 Å². The van der Waals surface area contributed by atoms with E-state index in [0.29, 0.717) is 23.0 Å². The van der Waals surface area contributed by atoms with E-state index >= 15 is 0 Å². The van der Waals surface area contributed by atoms with Crippen LogP contribution in [0.15, 0.2) is 188 Å². The van der Waals surface area contributed by atoms with Crippen LogP contribution >= 0.6 is 0 Å². The summed E-state index contributed by atoms with van der Waals surface area (Å²) in [6.45, 7) is 0. The Labute approximate surface area is 328 Å². The van der Waals surface area contributed by atoms with Crippen molar-refractivity contribution in [2.45, 2.75) is 0 Å². The van der Waals surface area contributed by atoms with Gasteiger partial charge in [0.15, 0.2) is 17.5 Å². The molecule has 0 spiro atoms. The van der Waals surface area contributed by atoms with Gasteiger partial charge in [0.25, 0.3) is 0 Å². The molecule has 0 saturated heterocycles. The first kappa shape index (κ1) is 32.5. The van der Waals surface area contributed by atoms with Gasteiger partial charge in [0, 0.05) is 32.8 Å². The molecule has 0 unspecified atom stereocenters. The van der Waals surface area contributed by atoms with Crippen molar-refractivity contribution in [1.82, 2.24) is 19.5 Å². The molecule has 0 fully saturated rings. The fourth-order valence-electron chi connectivity index (χ4n) is 8.33. The van der Waals surface area contributed by atoms with Crippen LogP contribution in [0.3, 0.4) is 0 Å². The maximum absolute atomic E-state index is 9.87. The molecule has 9 aromatic carbocycles. The number of hydrogen-bond acceptors (Lipinski definition) is 4. The van der Waals surface area contributed by atoms with Crippen LogP contribution in [0.5, 0.6) is 0 Å². The normalized spacial score (nSPS) is 11.5. The molecule has 2 aromatic heterocycles.